The number of aromatic amines is 1. The number of unbranched alkanes of at least 4 members (excludes halogenated alkanes) is 2. The number of H-pyrrole nitrogens is 1. The van der Waals surface area contributed by atoms with Crippen molar-refractivity contribution in [3.8, 4) is 16.9 Å². The lowest BCUT2D eigenvalue weighted by Gasteiger charge is -2.16. The molecule has 40 heavy (non-hydrogen) atoms. The Balaban J connectivity index is 1.26. The van der Waals surface area contributed by atoms with Crippen LogP contribution in [-0.4, -0.2) is 61.6 Å². The summed E-state index contributed by atoms with van der Waals surface area (Å²) >= 11 is 1.46. The summed E-state index contributed by atoms with van der Waals surface area (Å²) in [7, 11) is 1.66. The number of rotatable bonds is 13. The molecule has 1 atom stereocenters. The van der Waals surface area contributed by atoms with Crippen LogP contribution in [0.1, 0.15) is 71.5 Å². The van der Waals surface area contributed by atoms with Crippen molar-refractivity contribution in [2.24, 2.45) is 0 Å². The Morgan fingerprint density at radius 3 is 2.65 bits per heavy atom. The highest BCUT2D eigenvalue weighted by atomic mass is 32.1. The van der Waals surface area contributed by atoms with Gasteiger partial charge in [0.15, 0.2) is 0 Å². The maximum absolute atomic E-state index is 13.3. The third-order valence-electron chi connectivity index (χ3n) is 7.19. The van der Waals surface area contributed by atoms with Crippen LogP contribution in [0.25, 0.3) is 16.9 Å². The maximum Gasteiger partial charge on any atom is 0.263 e. The largest absolute Gasteiger partial charge is 0.359 e. The third kappa shape index (κ3) is 7.22. The summed E-state index contributed by atoms with van der Waals surface area (Å²) in [5.74, 6) is 0.628. The lowest BCUT2D eigenvalue weighted by atomic mass is 10.1. The number of benzene rings is 1. The third-order valence-corrected chi connectivity index (χ3v) is 8.17. The molecule has 1 unspecified atom stereocenters. The minimum atomic E-state index is -0.284. The Bertz CT molecular complexity index is 1370. The summed E-state index contributed by atoms with van der Waals surface area (Å²) in [5, 5.41) is 11.1. The predicted molar refractivity (Wildman–Crippen MR) is 155 cm³/mol. The van der Waals surface area contributed by atoms with Crippen LogP contribution in [0.4, 0.5) is 0 Å². The van der Waals surface area contributed by atoms with E-state index in [1.807, 2.05) is 47.4 Å². The zero-order valence-electron chi connectivity index (χ0n) is 22.8. The number of hydrogen-bond donors (Lipinski definition) is 3. The van der Waals surface area contributed by atoms with Gasteiger partial charge in [0.25, 0.3) is 5.91 Å². The highest BCUT2D eigenvalue weighted by Gasteiger charge is 2.21. The van der Waals surface area contributed by atoms with E-state index in [-0.39, 0.29) is 17.9 Å². The molecule has 1 saturated heterocycles. The van der Waals surface area contributed by atoms with Gasteiger partial charge < -0.3 is 15.6 Å². The second kappa shape index (κ2) is 13.5. The molecule has 2 amide bonds. The molecule has 4 aromatic rings. The fourth-order valence-electron chi connectivity index (χ4n) is 4.94. The molecule has 0 aliphatic carbocycles. The van der Waals surface area contributed by atoms with E-state index in [9.17, 15) is 9.59 Å². The van der Waals surface area contributed by atoms with Crippen LogP contribution < -0.4 is 10.6 Å². The van der Waals surface area contributed by atoms with E-state index in [2.05, 4.69) is 35.6 Å². The molecule has 0 saturated carbocycles. The van der Waals surface area contributed by atoms with Crippen LogP contribution in [0, 0.1) is 0 Å². The fourth-order valence-corrected chi connectivity index (χ4v) is 5.80. The Kier molecular flexibility index (Phi) is 9.35. The van der Waals surface area contributed by atoms with Gasteiger partial charge in [-0.25, -0.2) is 14.6 Å². The number of nitrogens with one attached hydrogen (secondary N) is 3. The van der Waals surface area contributed by atoms with Gasteiger partial charge >= 0.3 is 0 Å². The number of aromatic nitrogens is 5. The molecule has 0 bridgehead atoms. The Labute approximate surface area is 238 Å². The van der Waals surface area contributed by atoms with Crippen LogP contribution in [0.3, 0.4) is 0 Å². The number of thiazole rings is 1. The van der Waals surface area contributed by atoms with Crippen LogP contribution in [0.2, 0.25) is 0 Å². The Morgan fingerprint density at radius 1 is 1.07 bits per heavy atom. The SMILES string of the molecule is CNC(=O)CCCCCC(NC(=O)c1cnc(CN2CCCC2)s1)c1ncc(-c2ccc(-n3cccn3)cc2)[nH]1. The summed E-state index contributed by atoms with van der Waals surface area (Å²) in [6.45, 7) is 2.99. The number of hydrogen-bond acceptors (Lipinski definition) is 7. The molecule has 1 aliphatic rings. The second-order valence-corrected chi connectivity index (χ2v) is 11.2. The molecule has 0 spiro atoms. The molecule has 4 heterocycles. The topological polar surface area (TPSA) is 121 Å². The number of likely N-dealkylation sites (tertiary alicyclic amines) is 1. The standard InChI is InChI=1S/C29H36N8O2S/c1-30-26(38)9-4-2-3-8-23(35-29(39)25-19-31-27(40-25)20-36-15-5-6-16-36)28-32-18-24(34-28)21-10-12-22(13-11-21)37-17-7-14-33-37/h7,10-14,17-19,23H,2-6,8-9,15-16,20H2,1H3,(H,30,38)(H,32,34)(H,35,39). The van der Waals surface area contributed by atoms with Gasteiger partial charge in [0.05, 0.1) is 36.4 Å². The van der Waals surface area contributed by atoms with Crippen LogP contribution >= 0.6 is 11.3 Å². The summed E-state index contributed by atoms with van der Waals surface area (Å²) in [5.41, 5.74) is 2.86. The van der Waals surface area contributed by atoms with E-state index < -0.39 is 0 Å². The molecule has 0 radical (unpaired) electrons. The molecule has 3 N–H and O–H groups in total. The molecule has 11 heteroatoms. The summed E-state index contributed by atoms with van der Waals surface area (Å²) in [6, 6.07) is 9.69. The minimum Gasteiger partial charge on any atom is -0.359 e. The second-order valence-electron chi connectivity index (χ2n) is 10.1. The fraction of sp³-hybridized carbons (Fsp3) is 0.414. The van der Waals surface area contributed by atoms with Crippen LogP contribution in [-0.2, 0) is 11.3 Å². The van der Waals surface area contributed by atoms with E-state index in [4.69, 9.17) is 0 Å². The molecule has 210 valence electrons. The summed E-state index contributed by atoms with van der Waals surface area (Å²) in [4.78, 5) is 40.4. The monoisotopic (exact) mass is 560 g/mol. The molecule has 3 aromatic heterocycles. The normalized spacial score (nSPS) is 14.3. The molecule has 1 aliphatic heterocycles. The molecular weight excluding hydrogens is 524 g/mol. The van der Waals surface area contributed by atoms with E-state index in [1.165, 1.54) is 24.2 Å². The average Bonchev–Trinajstić information content (AvgIpc) is 3.80. The molecular formula is C29H36N8O2S. The van der Waals surface area contributed by atoms with Crippen molar-refractivity contribution in [2.45, 2.75) is 57.5 Å². The first-order valence-electron chi connectivity index (χ1n) is 13.9. The first kappa shape index (κ1) is 27.7. The summed E-state index contributed by atoms with van der Waals surface area (Å²) in [6.07, 6.45) is 13.4. The molecule has 5 rings (SSSR count). The maximum atomic E-state index is 13.3. The molecule has 10 nitrogen and oxygen atoms in total. The van der Waals surface area contributed by atoms with Gasteiger partial charge in [0.1, 0.15) is 15.7 Å². The number of nitrogens with zero attached hydrogens (tertiary/aromatic N) is 5. The summed E-state index contributed by atoms with van der Waals surface area (Å²) < 4.78 is 1.81. The van der Waals surface area contributed by atoms with Gasteiger partial charge in [-0.1, -0.05) is 25.0 Å². The van der Waals surface area contributed by atoms with Crippen molar-refractivity contribution in [3.05, 3.63) is 70.8 Å². The van der Waals surface area contributed by atoms with Crippen molar-refractivity contribution >= 4 is 23.2 Å². The average molecular weight is 561 g/mol. The van der Waals surface area contributed by atoms with E-state index >= 15 is 0 Å². The van der Waals surface area contributed by atoms with Gasteiger partial charge in [-0.2, -0.15) is 5.10 Å². The minimum absolute atomic E-state index is 0.0500. The van der Waals surface area contributed by atoms with Gasteiger partial charge in [0, 0.05) is 25.9 Å². The van der Waals surface area contributed by atoms with Crippen LogP contribution in [0.15, 0.2) is 55.1 Å². The lowest BCUT2D eigenvalue weighted by Crippen LogP contribution is -2.28. The highest BCUT2D eigenvalue weighted by molar-refractivity contribution is 7.13. The van der Waals surface area contributed by atoms with Gasteiger partial charge in [-0.3, -0.25) is 14.5 Å². The number of imidazole rings is 1. The quantitative estimate of drug-likeness (QED) is 0.207. The first-order valence-corrected chi connectivity index (χ1v) is 14.7. The van der Waals surface area contributed by atoms with Crippen molar-refractivity contribution in [3.63, 3.8) is 0 Å². The Morgan fingerprint density at radius 2 is 1.90 bits per heavy atom. The van der Waals surface area contributed by atoms with Crippen molar-refractivity contribution in [1.82, 2.24) is 40.3 Å². The van der Waals surface area contributed by atoms with Gasteiger partial charge in [-0.15, -0.1) is 11.3 Å². The number of carbonyl (C=O) groups excluding carboxylic acids is 2. The van der Waals surface area contributed by atoms with Crippen molar-refractivity contribution < 1.29 is 9.59 Å². The zero-order valence-corrected chi connectivity index (χ0v) is 23.6. The van der Waals surface area contributed by atoms with Gasteiger partial charge in [-0.05, 0) is 62.5 Å². The Hall–Kier alpha value is -3.83. The zero-order chi connectivity index (χ0) is 27.7. The van der Waals surface area contributed by atoms with E-state index in [0.717, 1.165) is 60.8 Å². The van der Waals surface area contributed by atoms with Crippen LogP contribution in [0.5, 0.6) is 0 Å². The number of carbonyl (C=O) groups is 2. The van der Waals surface area contributed by atoms with Crippen molar-refractivity contribution in [1.29, 1.82) is 0 Å². The lowest BCUT2D eigenvalue weighted by molar-refractivity contribution is -0.120. The van der Waals surface area contributed by atoms with E-state index in [1.54, 1.807) is 19.4 Å². The molecule has 1 aromatic carbocycles. The number of amides is 2. The highest BCUT2D eigenvalue weighted by Crippen LogP contribution is 2.25. The predicted octanol–water partition coefficient (Wildman–Crippen LogP) is 4.48. The first-order chi connectivity index (χ1) is 19.6. The smallest absolute Gasteiger partial charge is 0.263 e. The van der Waals surface area contributed by atoms with E-state index in [0.29, 0.717) is 23.5 Å². The molecule has 1 fully saturated rings. The van der Waals surface area contributed by atoms with Crippen molar-refractivity contribution in [2.75, 3.05) is 20.1 Å². The van der Waals surface area contributed by atoms with Gasteiger partial charge in [0.2, 0.25) is 5.91 Å².